The minimum atomic E-state index is -3.81. The molecule has 2 aromatic rings. The van der Waals surface area contributed by atoms with E-state index in [9.17, 15) is 16.8 Å². The van der Waals surface area contributed by atoms with E-state index in [4.69, 9.17) is 5.14 Å². The molecule has 9 heteroatoms. The molecule has 0 saturated carbocycles. The molecule has 0 aliphatic carbocycles. The highest BCUT2D eigenvalue weighted by Crippen LogP contribution is 2.39. The van der Waals surface area contributed by atoms with Crippen molar-refractivity contribution in [3.05, 3.63) is 40.8 Å². The lowest BCUT2D eigenvalue weighted by atomic mass is 10.1. The molecule has 23 heavy (non-hydrogen) atoms. The van der Waals surface area contributed by atoms with Crippen molar-refractivity contribution in [2.45, 2.75) is 35.4 Å². The number of benzene rings is 1. The number of thiophene rings is 1. The number of nitrogens with zero attached hydrogens (tertiary/aromatic N) is 1. The lowest BCUT2D eigenvalue weighted by molar-refractivity contribution is 0.586. The van der Waals surface area contributed by atoms with Gasteiger partial charge in [-0.25, -0.2) is 22.0 Å². The molecule has 0 spiro atoms. The highest BCUT2D eigenvalue weighted by Gasteiger charge is 2.37. The lowest BCUT2D eigenvalue weighted by Crippen LogP contribution is -2.35. The van der Waals surface area contributed by atoms with Gasteiger partial charge in [0.25, 0.3) is 10.0 Å². The third-order valence-electron chi connectivity index (χ3n) is 3.76. The first-order valence-electron chi connectivity index (χ1n) is 6.87. The van der Waals surface area contributed by atoms with Gasteiger partial charge in [-0.15, -0.1) is 11.3 Å². The molecule has 2 N–H and O–H groups in total. The van der Waals surface area contributed by atoms with Crippen LogP contribution in [0.5, 0.6) is 0 Å². The molecule has 0 fully saturated rings. The number of hydrogen-bond acceptors (Lipinski definition) is 5. The van der Waals surface area contributed by atoms with Crippen LogP contribution < -0.4 is 9.44 Å². The van der Waals surface area contributed by atoms with Crippen LogP contribution in [0.15, 0.2) is 39.4 Å². The number of anilines is 1. The Hall–Kier alpha value is -1.42. The van der Waals surface area contributed by atoms with E-state index in [-0.39, 0.29) is 15.1 Å². The third-order valence-corrected chi connectivity index (χ3v) is 8.07. The van der Waals surface area contributed by atoms with Crippen LogP contribution in [-0.4, -0.2) is 22.9 Å². The van der Waals surface area contributed by atoms with Gasteiger partial charge in [0.2, 0.25) is 10.0 Å². The van der Waals surface area contributed by atoms with E-state index in [2.05, 4.69) is 0 Å². The van der Waals surface area contributed by atoms with Gasteiger partial charge in [-0.05, 0) is 56.2 Å². The fraction of sp³-hybridized carbons (Fsp3) is 0.286. The first-order chi connectivity index (χ1) is 10.6. The fourth-order valence-electron chi connectivity index (χ4n) is 2.77. The molecule has 0 saturated heterocycles. The Kier molecular flexibility index (Phi) is 3.79. The van der Waals surface area contributed by atoms with Crippen molar-refractivity contribution in [2.24, 2.45) is 5.14 Å². The Morgan fingerprint density at radius 3 is 2.43 bits per heavy atom. The van der Waals surface area contributed by atoms with Crippen molar-refractivity contribution in [3.8, 4) is 0 Å². The molecule has 1 aliphatic heterocycles. The summed E-state index contributed by atoms with van der Waals surface area (Å²) in [6, 6.07) is 7.39. The molecule has 1 atom stereocenters. The average Bonchev–Trinajstić information content (AvgIpc) is 2.99. The molecule has 1 aromatic carbocycles. The van der Waals surface area contributed by atoms with E-state index in [1.54, 1.807) is 19.1 Å². The quantitative estimate of drug-likeness (QED) is 0.889. The highest BCUT2D eigenvalue weighted by molar-refractivity contribution is 7.94. The van der Waals surface area contributed by atoms with Gasteiger partial charge in [0.15, 0.2) is 0 Å². The Balaban J connectivity index is 2.11. The Bertz CT molecular complexity index is 977. The summed E-state index contributed by atoms with van der Waals surface area (Å²) in [5, 5.41) is 5.14. The molecule has 1 aromatic heterocycles. The number of hydrogen-bond donors (Lipinski definition) is 1. The summed E-state index contributed by atoms with van der Waals surface area (Å²) < 4.78 is 50.4. The highest BCUT2D eigenvalue weighted by atomic mass is 32.2. The smallest absolute Gasteiger partial charge is 0.262 e. The molecule has 0 radical (unpaired) electrons. The Morgan fingerprint density at radius 2 is 1.87 bits per heavy atom. The van der Waals surface area contributed by atoms with Crippen LogP contribution in [-0.2, 0) is 26.5 Å². The number of fused-ring (bicyclic) bond motifs is 1. The van der Waals surface area contributed by atoms with Gasteiger partial charge in [-0.3, -0.25) is 4.31 Å². The minimum absolute atomic E-state index is 0.00494. The monoisotopic (exact) mass is 372 g/mol. The van der Waals surface area contributed by atoms with Crippen molar-refractivity contribution in [1.82, 2.24) is 0 Å². The third kappa shape index (κ3) is 2.78. The van der Waals surface area contributed by atoms with Crippen LogP contribution in [0.25, 0.3) is 0 Å². The Labute approximate surface area is 139 Å². The molecule has 3 rings (SSSR count). The van der Waals surface area contributed by atoms with Crippen LogP contribution in [0, 0.1) is 6.92 Å². The zero-order chi connectivity index (χ0) is 17.0. The first-order valence-corrected chi connectivity index (χ1v) is 10.7. The van der Waals surface area contributed by atoms with Crippen LogP contribution in [0.3, 0.4) is 0 Å². The molecular formula is C14H16N2O4S3. The number of sulfonamides is 2. The molecule has 2 heterocycles. The van der Waals surface area contributed by atoms with E-state index in [0.29, 0.717) is 17.7 Å². The second kappa shape index (κ2) is 5.30. The maximum Gasteiger partial charge on any atom is 0.274 e. The fourth-order valence-corrected chi connectivity index (χ4v) is 6.40. The SMILES string of the molecule is Cc1ccc(S(=O)(=O)N2c3ccc(S(N)(=O)=O)cc3C[C@H]2C)s1. The Morgan fingerprint density at radius 1 is 1.17 bits per heavy atom. The molecule has 6 nitrogen and oxygen atoms in total. The molecule has 1 aliphatic rings. The predicted molar refractivity (Wildman–Crippen MR) is 89.7 cm³/mol. The van der Waals surface area contributed by atoms with Gasteiger partial charge in [0.1, 0.15) is 4.21 Å². The summed E-state index contributed by atoms with van der Waals surface area (Å²) in [5.41, 5.74) is 1.18. The topological polar surface area (TPSA) is 97.5 Å². The van der Waals surface area contributed by atoms with E-state index >= 15 is 0 Å². The average molecular weight is 372 g/mol. The number of aryl methyl sites for hydroxylation is 1. The van der Waals surface area contributed by atoms with Crippen molar-refractivity contribution in [1.29, 1.82) is 0 Å². The summed E-state index contributed by atoms with van der Waals surface area (Å²) in [6.07, 6.45) is 0.447. The summed E-state index contributed by atoms with van der Waals surface area (Å²) in [5.74, 6) is 0. The van der Waals surface area contributed by atoms with Gasteiger partial charge in [-0.2, -0.15) is 0 Å². The number of primary sulfonamides is 1. The number of nitrogens with two attached hydrogens (primary N) is 1. The largest absolute Gasteiger partial charge is 0.274 e. The van der Waals surface area contributed by atoms with Crippen LogP contribution >= 0.6 is 11.3 Å². The normalized spacial score (nSPS) is 18.2. The first kappa shape index (κ1) is 16.4. The van der Waals surface area contributed by atoms with Gasteiger partial charge in [-0.1, -0.05) is 0 Å². The zero-order valence-electron chi connectivity index (χ0n) is 12.6. The summed E-state index contributed by atoms with van der Waals surface area (Å²) >= 11 is 1.22. The molecule has 124 valence electrons. The van der Waals surface area contributed by atoms with Gasteiger partial charge in [0, 0.05) is 10.9 Å². The lowest BCUT2D eigenvalue weighted by Gasteiger charge is -2.23. The van der Waals surface area contributed by atoms with Crippen molar-refractivity contribution in [3.63, 3.8) is 0 Å². The van der Waals surface area contributed by atoms with Gasteiger partial charge >= 0.3 is 0 Å². The second-order valence-corrected chi connectivity index (χ2v) is 10.4. The summed E-state index contributed by atoms with van der Waals surface area (Å²) in [6.45, 7) is 3.65. The molecule has 0 unspecified atom stereocenters. The van der Waals surface area contributed by atoms with E-state index in [1.165, 1.54) is 33.8 Å². The van der Waals surface area contributed by atoms with Crippen molar-refractivity contribution in [2.75, 3.05) is 4.31 Å². The van der Waals surface area contributed by atoms with Gasteiger partial charge in [0.05, 0.1) is 10.6 Å². The van der Waals surface area contributed by atoms with E-state index in [1.807, 2.05) is 6.92 Å². The summed E-state index contributed by atoms with van der Waals surface area (Å²) in [7, 11) is -7.47. The maximum absolute atomic E-state index is 12.9. The molecule has 0 amide bonds. The van der Waals surface area contributed by atoms with Crippen molar-refractivity contribution < 1.29 is 16.8 Å². The van der Waals surface area contributed by atoms with Gasteiger partial charge < -0.3 is 0 Å². The standard InChI is InChI=1S/C14H16N2O4S3/c1-9-7-11-8-12(22(15,17)18)4-5-13(11)16(9)23(19,20)14-6-3-10(2)21-14/h3-6,8-9H,7H2,1-2H3,(H2,15,17,18)/t9-/m1/s1. The minimum Gasteiger partial charge on any atom is -0.262 e. The maximum atomic E-state index is 12.9. The van der Waals surface area contributed by atoms with E-state index < -0.39 is 20.0 Å². The predicted octanol–water partition coefficient (Wildman–Crippen LogP) is 1.84. The van der Waals surface area contributed by atoms with Crippen LogP contribution in [0.2, 0.25) is 0 Å². The zero-order valence-corrected chi connectivity index (χ0v) is 15.0. The van der Waals surface area contributed by atoms with E-state index in [0.717, 1.165) is 4.88 Å². The molecular weight excluding hydrogens is 356 g/mol. The molecule has 0 bridgehead atoms. The van der Waals surface area contributed by atoms with Crippen molar-refractivity contribution >= 4 is 37.1 Å². The summed E-state index contributed by atoms with van der Waals surface area (Å²) in [4.78, 5) is 0.912. The second-order valence-electron chi connectivity index (χ2n) is 5.55. The van der Waals surface area contributed by atoms with Crippen LogP contribution in [0.4, 0.5) is 5.69 Å². The number of rotatable bonds is 3. The van der Waals surface area contributed by atoms with Crippen LogP contribution in [0.1, 0.15) is 17.4 Å².